The monoisotopic (exact) mass is 430 g/mol. The number of ether oxygens (including phenoxy) is 2. The number of aliphatic imine (C=N–C) groups is 1. The summed E-state index contributed by atoms with van der Waals surface area (Å²) in [6.45, 7) is 15.0. The van der Waals surface area contributed by atoms with Gasteiger partial charge in [-0.15, -0.1) is 0 Å². The highest BCUT2D eigenvalue weighted by molar-refractivity contribution is 5.79. The van der Waals surface area contributed by atoms with Crippen LogP contribution in [0, 0.1) is 18.3 Å². The fourth-order valence-corrected chi connectivity index (χ4v) is 4.79. The minimum absolute atomic E-state index is 0.149. The molecule has 31 heavy (non-hydrogen) atoms. The first-order chi connectivity index (χ1) is 14.9. The van der Waals surface area contributed by atoms with Gasteiger partial charge in [-0.25, -0.2) is 0 Å². The Hall–Kier alpha value is -1.63. The molecule has 0 aromatic heterocycles. The van der Waals surface area contributed by atoms with E-state index >= 15 is 0 Å². The maximum Gasteiger partial charge on any atom is 0.191 e. The van der Waals surface area contributed by atoms with Crippen molar-refractivity contribution in [3.8, 4) is 0 Å². The molecule has 3 atom stereocenters. The Bertz CT molecular complexity index is 692. The third kappa shape index (κ3) is 6.93. The van der Waals surface area contributed by atoms with Crippen LogP contribution in [0.2, 0.25) is 0 Å². The van der Waals surface area contributed by atoms with Gasteiger partial charge < -0.3 is 20.1 Å². The molecule has 2 saturated heterocycles. The van der Waals surface area contributed by atoms with Crippen LogP contribution in [0.3, 0.4) is 0 Å². The molecular formula is C25H42N4O2. The van der Waals surface area contributed by atoms with Gasteiger partial charge in [0.1, 0.15) is 0 Å². The fourth-order valence-electron chi connectivity index (χ4n) is 4.79. The highest BCUT2D eigenvalue weighted by Crippen LogP contribution is 2.33. The molecule has 6 heteroatoms. The first-order valence-electron chi connectivity index (χ1n) is 11.8. The third-order valence-corrected chi connectivity index (χ3v) is 6.47. The molecule has 3 unspecified atom stereocenters. The molecule has 2 aliphatic heterocycles. The molecule has 174 valence electrons. The number of hydrogen-bond acceptors (Lipinski definition) is 4. The van der Waals surface area contributed by atoms with Crippen molar-refractivity contribution in [3.05, 3.63) is 35.4 Å². The van der Waals surface area contributed by atoms with Gasteiger partial charge in [-0.2, -0.15) is 0 Å². The number of nitrogens with one attached hydrogen (secondary N) is 2. The molecule has 2 heterocycles. The SMILES string of the molecule is CN=C(NCC1CCCOC1C(C)(C)C)NCC(c1ccc(C)cc1)N1CCOCC1. The van der Waals surface area contributed by atoms with Crippen LogP contribution >= 0.6 is 0 Å². The lowest BCUT2D eigenvalue weighted by atomic mass is 9.78. The largest absolute Gasteiger partial charge is 0.379 e. The molecule has 6 nitrogen and oxygen atoms in total. The van der Waals surface area contributed by atoms with Crippen molar-refractivity contribution in [3.63, 3.8) is 0 Å². The summed E-state index contributed by atoms with van der Waals surface area (Å²) in [5.74, 6) is 1.36. The zero-order chi connectivity index (χ0) is 22.3. The lowest BCUT2D eigenvalue weighted by molar-refractivity contribution is -0.0835. The molecule has 2 N–H and O–H groups in total. The summed E-state index contributed by atoms with van der Waals surface area (Å²) in [5.41, 5.74) is 2.78. The van der Waals surface area contributed by atoms with Crippen LogP contribution in [0.1, 0.15) is 50.8 Å². The molecule has 0 aliphatic carbocycles. The Labute approximate surface area is 188 Å². The standard InChI is InChI=1S/C25H42N4O2/c1-19-8-10-20(11-9-19)22(29-12-15-30-16-13-29)18-28-24(26-5)27-17-21-7-6-14-31-23(21)25(2,3)4/h8-11,21-23H,6-7,12-18H2,1-5H3,(H2,26,27,28). The normalized spacial score (nSPS) is 24.6. The molecule has 2 fully saturated rings. The number of guanidine groups is 1. The number of aryl methyl sites for hydroxylation is 1. The van der Waals surface area contributed by atoms with Gasteiger partial charge in [0, 0.05) is 45.8 Å². The fraction of sp³-hybridized carbons (Fsp3) is 0.720. The van der Waals surface area contributed by atoms with Crippen LogP contribution in [-0.2, 0) is 9.47 Å². The zero-order valence-electron chi connectivity index (χ0n) is 20.1. The van der Waals surface area contributed by atoms with E-state index in [2.05, 4.69) is 72.5 Å². The van der Waals surface area contributed by atoms with E-state index in [1.54, 1.807) is 0 Å². The number of nitrogens with zero attached hydrogens (tertiary/aromatic N) is 2. The van der Waals surface area contributed by atoms with E-state index in [1.807, 2.05) is 7.05 Å². The number of hydrogen-bond donors (Lipinski definition) is 2. The Balaban J connectivity index is 1.60. The minimum atomic E-state index is 0.149. The second-order valence-corrected chi connectivity index (χ2v) is 9.97. The van der Waals surface area contributed by atoms with Gasteiger partial charge in [0.15, 0.2) is 5.96 Å². The predicted molar refractivity (Wildman–Crippen MR) is 128 cm³/mol. The second kappa shape index (κ2) is 11.3. The molecule has 0 radical (unpaired) electrons. The van der Waals surface area contributed by atoms with Crippen LogP contribution in [0.4, 0.5) is 0 Å². The van der Waals surface area contributed by atoms with Gasteiger partial charge in [-0.05, 0) is 30.7 Å². The van der Waals surface area contributed by atoms with Crippen molar-refractivity contribution in [2.45, 2.75) is 52.7 Å². The van der Waals surface area contributed by atoms with Gasteiger partial charge in [0.2, 0.25) is 0 Å². The second-order valence-electron chi connectivity index (χ2n) is 9.97. The van der Waals surface area contributed by atoms with E-state index < -0.39 is 0 Å². The Morgan fingerprint density at radius 2 is 1.84 bits per heavy atom. The third-order valence-electron chi connectivity index (χ3n) is 6.47. The predicted octanol–water partition coefficient (Wildman–Crippen LogP) is 3.37. The Morgan fingerprint density at radius 1 is 1.13 bits per heavy atom. The minimum Gasteiger partial charge on any atom is -0.379 e. The lowest BCUT2D eigenvalue weighted by Gasteiger charge is -2.40. The molecular weight excluding hydrogens is 388 g/mol. The lowest BCUT2D eigenvalue weighted by Crippen LogP contribution is -2.49. The van der Waals surface area contributed by atoms with Crippen molar-refractivity contribution < 1.29 is 9.47 Å². The smallest absolute Gasteiger partial charge is 0.191 e. The highest BCUT2D eigenvalue weighted by atomic mass is 16.5. The summed E-state index contributed by atoms with van der Waals surface area (Å²) in [5, 5.41) is 7.16. The molecule has 1 aromatic rings. The molecule has 0 spiro atoms. The van der Waals surface area contributed by atoms with Crippen LogP contribution < -0.4 is 10.6 Å². The topological polar surface area (TPSA) is 58.1 Å². The summed E-state index contributed by atoms with van der Waals surface area (Å²) in [6.07, 6.45) is 2.61. The maximum atomic E-state index is 6.15. The molecule has 3 rings (SSSR count). The molecule has 1 aromatic carbocycles. The molecule has 0 saturated carbocycles. The summed E-state index contributed by atoms with van der Waals surface area (Å²) in [7, 11) is 1.85. The van der Waals surface area contributed by atoms with E-state index in [-0.39, 0.29) is 11.5 Å². The van der Waals surface area contributed by atoms with Crippen LogP contribution in [-0.4, -0.2) is 70.0 Å². The van der Waals surface area contributed by atoms with Crippen LogP contribution in [0.25, 0.3) is 0 Å². The van der Waals surface area contributed by atoms with E-state index in [0.29, 0.717) is 12.0 Å². The molecule has 0 amide bonds. The highest BCUT2D eigenvalue weighted by Gasteiger charge is 2.35. The van der Waals surface area contributed by atoms with Crippen molar-refractivity contribution >= 4 is 5.96 Å². The Morgan fingerprint density at radius 3 is 2.48 bits per heavy atom. The zero-order valence-corrected chi connectivity index (χ0v) is 20.1. The van der Waals surface area contributed by atoms with E-state index in [4.69, 9.17) is 9.47 Å². The van der Waals surface area contributed by atoms with Crippen molar-refractivity contribution in [1.29, 1.82) is 0 Å². The Kier molecular flexibility index (Phi) is 8.76. The van der Waals surface area contributed by atoms with E-state index in [1.165, 1.54) is 17.5 Å². The number of benzene rings is 1. The van der Waals surface area contributed by atoms with Gasteiger partial charge in [0.25, 0.3) is 0 Å². The van der Waals surface area contributed by atoms with Crippen molar-refractivity contribution in [2.24, 2.45) is 16.3 Å². The first kappa shape index (κ1) is 24.0. The van der Waals surface area contributed by atoms with Crippen LogP contribution in [0.5, 0.6) is 0 Å². The summed E-state index contributed by atoms with van der Waals surface area (Å²) in [4.78, 5) is 7.01. The number of morpholine rings is 1. The average Bonchev–Trinajstić information content (AvgIpc) is 2.77. The van der Waals surface area contributed by atoms with Gasteiger partial charge in [-0.3, -0.25) is 9.89 Å². The summed E-state index contributed by atoms with van der Waals surface area (Å²) in [6, 6.07) is 9.20. The van der Waals surface area contributed by atoms with Gasteiger partial charge in [-0.1, -0.05) is 50.6 Å². The van der Waals surface area contributed by atoms with Crippen molar-refractivity contribution in [1.82, 2.24) is 15.5 Å². The summed E-state index contributed by atoms with van der Waals surface area (Å²) < 4.78 is 11.7. The first-order valence-corrected chi connectivity index (χ1v) is 11.8. The van der Waals surface area contributed by atoms with Gasteiger partial charge in [0.05, 0.1) is 25.4 Å². The van der Waals surface area contributed by atoms with Gasteiger partial charge >= 0.3 is 0 Å². The average molecular weight is 431 g/mol. The summed E-state index contributed by atoms with van der Waals surface area (Å²) >= 11 is 0. The molecule has 2 aliphatic rings. The maximum absolute atomic E-state index is 6.15. The van der Waals surface area contributed by atoms with E-state index in [0.717, 1.165) is 58.4 Å². The van der Waals surface area contributed by atoms with E-state index in [9.17, 15) is 0 Å². The quantitative estimate of drug-likeness (QED) is 0.535. The number of rotatable bonds is 6. The van der Waals surface area contributed by atoms with Crippen molar-refractivity contribution in [2.75, 3.05) is 53.0 Å². The molecule has 0 bridgehead atoms. The van der Waals surface area contributed by atoms with Crippen LogP contribution in [0.15, 0.2) is 29.3 Å².